The Bertz CT molecular complexity index is 458. The Hall–Kier alpha value is -0.970. The first-order valence-electron chi connectivity index (χ1n) is 7.65. The van der Waals surface area contributed by atoms with Gasteiger partial charge < -0.3 is 10.5 Å². The lowest BCUT2D eigenvalue weighted by Crippen LogP contribution is -2.36. The minimum Gasteiger partial charge on any atom is -0.389 e. The Balaban J connectivity index is 2.89. The molecular weight excluding hydrogens is 280 g/mol. The highest BCUT2D eigenvalue weighted by molar-refractivity contribution is 7.80. The monoisotopic (exact) mass is 308 g/mol. The van der Waals surface area contributed by atoms with Crippen LogP contribution >= 0.6 is 12.2 Å². The van der Waals surface area contributed by atoms with Crippen molar-refractivity contribution in [2.45, 2.75) is 46.2 Å². The number of aryl methyl sites for hydroxylation is 1. The van der Waals surface area contributed by atoms with Crippen molar-refractivity contribution in [3.05, 3.63) is 34.9 Å². The van der Waals surface area contributed by atoms with Gasteiger partial charge in [-0.3, -0.25) is 4.90 Å². The Labute approximate surface area is 134 Å². The molecule has 0 aliphatic rings. The Morgan fingerprint density at radius 2 is 2.00 bits per heavy atom. The molecule has 4 heteroatoms. The number of benzene rings is 1. The third kappa shape index (κ3) is 5.38. The van der Waals surface area contributed by atoms with Gasteiger partial charge in [-0.25, -0.2) is 0 Å². The maximum atomic E-state index is 5.70. The maximum absolute atomic E-state index is 5.70. The van der Waals surface area contributed by atoms with Gasteiger partial charge in [0.2, 0.25) is 0 Å². The first-order valence-corrected chi connectivity index (χ1v) is 8.06. The number of thiocarbonyl (C=S) groups is 1. The molecule has 2 N–H and O–H groups in total. The smallest absolute Gasteiger partial charge is 0.103 e. The van der Waals surface area contributed by atoms with Gasteiger partial charge in [0, 0.05) is 31.8 Å². The van der Waals surface area contributed by atoms with Gasteiger partial charge in [-0.15, -0.1) is 0 Å². The molecule has 21 heavy (non-hydrogen) atoms. The van der Waals surface area contributed by atoms with Crippen LogP contribution in [0.5, 0.6) is 0 Å². The molecule has 1 rings (SSSR count). The number of nitrogens with zero attached hydrogens (tertiary/aromatic N) is 1. The van der Waals surface area contributed by atoms with Crippen molar-refractivity contribution in [1.82, 2.24) is 4.90 Å². The fraction of sp³-hybridized carbons (Fsp3) is 0.588. The summed E-state index contributed by atoms with van der Waals surface area (Å²) in [5.74, 6) is 0. The van der Waals surface area contributed by atoms with E-state index in [9.17, 15) is 0 Å². The van der Waals surface area contributed by atoms with Crippen molar-refractivity contribution in [2.75, 3.05) is 20.3 Å². The van der Waals surface area contributed by atoms with E-state index in [4.69, 9.17) is 22.7 Å². The van der Waals surface area contributed by atoms with Gasteiger partial charge in [0.05, 0.1) is 6.61 Å². The third-order valence-corrected chi connectivity index (χ3v) is 4.28. The van der Waals surface area contributed by atoms with Crippen molar-refractivity contribution < 1.29 is 4.74 Å². The Kier molecular flexibility index (Phi) is 7.86. The lowest BCUT2D eigenvalue weighted by molar-refractivity contribution is 0.110. The molecule has 1 aromatic rings. The van der Waals surface area contributed by atoms with Crippen molar-refractivity contribution >= 4 is 17.2 Å². The van der Waals surface area contributed by atoms with Crippen LogP contribution in [0.25, 0.3) is 0 Å². The zero-order valence-corrected chi connectivity index (χ0v) is 14.5. The molecule has 0 fully saturated rings. The minimum atomic E-state index is 0.459. The summed E-state index contributed by atoms with van der Waals surface area (Å²) in [4.78, 5) is 2.97. The molecule has 0 saturated carbocycles. The lowest BCUT2D eigenvalue weighted by atomic mass is 10.0. The van der Waals surface area contributed by atoms with Gasteiger partial charge in [0.1, 0.15) is 4.99 Å². The molecule has 118 valence electrons. The lowest BCUT2D eigenvalue weighted by Gasteiger charge is -2.30. The quantitative estimate of drug-likeness (QED) is 0.711. The molecule has 0 radical (unpaired) electrons. The topological polar surface area (TPSA) is 38.5 Å². The largest absolute Gasteiger partial charge is 0.389 e. The first kappa shape index (κ1) is 18.1. The zero-order valence-electron chi connectivity index (χ0n) is 13.7. The van der Waals surface area contributed by atoms with Crippen LogP contribution in [-0.2, 0) is 11.3 Å². The Morgan fingerprint density at radius 3 is 2.48 bits per heavy atom. The average molecular weight is 308 g/mol. The highest BCUT2D eigenvalue weighted by atomic mass is 32.1. The van der Waals surface area contributed by atoms with Crippen LogP contribution < -0.4 is 5.73 Å². The highest BCUT2D eigenvalue weighted by Gasteiger charge is 2.16. The third-order valence-electron chi connectivity index (χ3n) is 4.04. The maximum Gasteiger partial charge on any atom is 0.103 e. The second-order valence-electron chi connectivity index (χ2n) is 5.44. The number of methoxy groups -OCH3 is 1. The first-order chi connectivity index (χ1) is 10.0. The predicted molar refractivity (Wildman–Crippen MR) is 93.7 cm³/mol. The van der Waals surface area contributed by atoms with E-state index < -0.39 is 0 Å². The molecule has 1 aromatic carbocycles. The molecule has 0 aromatic heterocycles. The standard InChI is InChI=1S/C17H28N2OS/c1-5-16(6-2)19(9-10-20-4)12-15-8-7-14(17(18)21)11-13(15)3/h7-8,11,16H,5-6,9-10,12H2,1-4H3,(H2,18,21). The van der Waals surface area contributed by atoms with E-state index in [1.165, 1.54) is 11.1 Å². The normalized spacial score (nSPS) is 11.3. The summed E-state index contributed by atoms with van der Waals surface area (Å²) in [6.45, 7) is 9.28. The molecule has 0 bridgehead atoms. The van der Waals surface area contributed by atoms with Gasteiger partial charge >= 0.3 is 0 Å². The average Bonchev–Trinajstić information content (AvgIpc) is 2.47. The van der Waals surface area contributed by atoms with Crippen LogP contribution in [0.15, 0.2) is 18.2 Å². The van der Waals surface area contributed by atoms with E-state index in [1.807, 2.05) is 6.07 Å². The fourth-order valence-electron chi connectivity index (χ4n) is 2.65. The molecule has 0 aliphatic carbocycles. The van der Waals surface area contributed by atoms with Crippen LogP contribution in [-0.4, -0.2) is 36.2 Å². The van der Waals surface area contributed by atoms with Gasteiger partial charge in [-0.05, 0) is 37.0 Å². The predicted octanol–water partition coefficient (Wildman–Crippen LogP) is 3.27. The molecule has 0 amide bonds. The number of ether oxygens (including phenoxy) is 1. The van der Waals surface area contributed by atoms with Crippen LogP contribution in [0.4, 0.5) is 0 Å². The number of rotatable bonds is 9. The highest BCUT2D eigenvalue weighted by Crippen LogP contribution is 2.17. The molecule has 3 nitrogen and oxygen atoms in total. The van der Waals surface area contributed by atoms with Gasteiger partial charge in [0.15, 0.2) is 0 Å². The zero-order chi connectivity index (χ0) is 15.8. The molecule has 0 atom stereocenters. The summed E-state index contributed by atoms with van der Waals surface area (Å²) in [5.41, 5.74) is 9.21. The van der Waals surface area contributed by atoms with Crippen molar-refractivity contribution in [2.24, 2.45) is 5.73 Å². The van der Waals surface area contributed by atoms with Crippen LogP contribution in [0, 0.1) is 6.92 Å². The van der Waals surface area contributed by atoms with E-state index in [0.717, 1.165) is 38.1 Å². The second kappa shape index (κ2) is 9.13. The van der Waals surface area contributed by atoms with E-state index >= 15 is 0 Å². The van der Waals surface area contributed by atoms with Crippen molar-refractivity contribution in [3.63, 3.8) is 0 Å². The summed E-state index contributed by atoms with van der Waals surface area (Å²) < 4.78 is 5.25. The summed E-state index contributed by atoms with van der Waals surface area (Å²) >= 11 is 5.04. The molecule has 0 unspecified atom stereocenters. The minimum absolute atomic E-state index is 0.459. The number of hydrogen-bond acceptors (Lipinski definition) is 3. The van der Waals surface area contributed by atoms with Crippen molar-refractivity contribution in [3.8, 4) is 0 Å². The second-order valence-corrected chi connectivity index (χ2v) is 5.88. The Morgan fingerprint density at radius 1 is 1.33 bits per heavy atom. The number of hydrogen-bond donors (Lipinski definition) is 1. The molecule has 0 heterocycles. The van der Waals surface area contributed by atoms with Crippen molar-refractivity contribution in [1.29, 1.82) is 0 Å². The molecule has 0 spiro atoms. The summed E-state index contributed by atoms with van der Waals surface area (Å²) in [6, 6.07) is 6.84. The summed E-state index contributed by atoms with van der Waals surface area (Å²) in [6.07, 6.45) is 2.31. The van der Waals surface area contributed by atoms with E-state index in [0.29, 0.717) is 11.0 Å². The van der Waals surface area contributed by atoms with Crippen LogP contribution in [0.2, 0.25) is 0 Å². The van der Waals surface area contributed by atoms with Crippen LogP contribution in [0.3, 0.4) is 0 Å². The summed E-state index contributed by atoms with van der Waals surface area (Å²) in [5, 5.41) is 0. The molecule has 0 aliphatic heterocycles. The fourth-order valence-corrected chi connectivity index (χ4v) is 2.78. The van der Waals surface area contributed by atoms with Gasteiger partial charge in [0.25, 0.3) is 0 Å². The van der Waals surface area contributed by atoms with E-state index in [1.54, 1.807) is 7.11 Å². The van der Waals surface area contributed by atoms with Crippen LogP contribution in [0.1, 0.15) is 43.4 Å². The molecular formula is C17H28N2OS. The SMILES string of the molecule is CCC(CC)N(CCOC)Cc1ccc(C(N)=S)cc1C. The summed E-state index contributed by atoms with van der Waals surface area (Å²) in [7, 11) is 1.76. The van der Waals surface area contributed by atoms with Gasteiger partial charge in [-0.1, -0.05) is 38.2 Å². The van der Waals surface area contributed by atoms with E-state index in [2.05, 4.69) is 37.8 Å². The van der Waals surface area contributed by atoms with Gasteiger partial charge in [-0.2, -0.15) is 0 Å². The van der Waals surface area contributed by atoms with E-state index in [-0.39, 0.29) is 0 Å². The molecule has 0 saturated heterocycles. The number of nitrogens with two attached hydrogens (primary N) is 1.